The number of benzene rings is 1. The van der Waals surface area contributed by atoms with Gasteiger partial charge in [0, 0.05) is 24.2 Å². The largest absolute Gasteiger partial charge is 0.328 e. The van der Waals surface area contributed by atoms with Gasteiger partial charge in [-0.25, -0.2) is 15.0 Å². The first-order valence-electron chi connectivity index (χ1n) is 9.41. The summed E-state index contributed by atoms with van der Waals surface area (Å²) < 4.78 is 2.15. The van der Waals surface area contributed by atoms with E-state index in [1.165, 1.54) is 0 Å². The molecule has 0 bridgehead atoms. The molecule has 148 valence electrons. The standard InChI is InChI=1S/C20H24Cl2N6/c1-20(2,3)9-17-24-10-16-18(27-17)28(13-6-11(23)7-13)19(26-16)25-12-4-5-14(21)15(22)8-12/h4-5,8,10-11,13H,6-7,9,23H2,1-3H3,(H,25,26). The average molecular weight is 419 g/mol. The molecule has 1 saturated carbocycles. The van der Waals surface area contributed by atoms with Crippen LogP contribution in [-0.2, 0) is 6.42 Å². The van der Waals surface area contributed by atoms with Gasteiger partial charge in [-0.05, 0) is 36.5 Å². The number of hydrogen-bond acceptors (Lipinski definition) is 5. The maximum atomic E-state index is 6.16. The van der Waals surface area contributed by atoms with E-state index in [1.54, 1.807) is 18.3 Å². The van der Waals surface area contributed by atoms with Gasteiger partial charge in [0.2, 0.25) is 5.95 Å². The number of rotatable bonds is 4. The molecular weight excluding hydrogens is 395 g/mol. The Morgan fingerprint density at radius 2 is 1.93 bits per heavy atom. The molecule has 0 radical (unpaired) electrons. The smallest absolute Gasteiger partial charge is 0.209 e. The van der Waals surface area contributed by atoms with Gasteiger partial charge < -0.3 is 11.1 Å². The summed E-state index contributed by atoms with van der Waals surface area (Å²) in [7, 11) is 0. The van der Waals surface area contributed by atoms with Crippen molar-refractivity contribution >= 4 is 46.0 Å². The lowest BCUT2D eigenvalue weighted by Crippen LogP contribution is -2.38. The minimum Gasteiger partial charge on any atom is -0.328 e. The number of aromatic nitrogens is 4. The van der Waals surface area contributed by atoms with Crippen LogP contribution in [0.1, 0.15) is 45.5 Å². The van der Waals surface area contributed by atoms with Gasteiger partial charge in [0.1, 0.15) is 11.3 Å². The summed E-state index contributed by atoms with van der Waals surface area (Å²) in [6.07, 6.45) is 4.41. The van der Waals surface area contributed by atoms with Crippen LogP contribution in [0.25, 0.3) is 11.2 Å². The minimum atomic E-state index is 0.110. The Morgan fingerprint density at radius 3 is 2.57 bits per heavy atom. The number of anilines is 2. The Hall–Kier alpha value is -1.89. The molecule has 0 atom stereocenters. The molecule has 0 spiro atoms. The van der Waals surface area contributed by atoms with Gasteiger partial charge >= 0.3 is 0 Å². The van der Waals surface area contributed by atoms with Crippen LogP contribution in [0.15, 0.2) is 24.4 Å². The van der Waals surface area contributed by atoms with Gasteiger partial charge in [-0.3, -0.25) is 4.57 Å². The number of nitrogens with two attached hydrogens (primary N) is 1. The zero-order valence-electron chi connectivity index (χ0n) is 16.2. The summed E-state index contributed by atoms with van der Waals surface area (Å²) in [4.78, 5) is 14.1. The Morgan fingerprint density at radius 1 is 1.18 bits per heavy atom. The zero-order chi connectivity index (χ0) is 20.1. The molecular formula is C20H24Cl2N6. The number of hydrogen-bond donors (Lipinski definition) is 2. The normalized spacial score (nSPS) is 19.6. The van der Waals surface area contributed by atoms with Crippen LogP contribution in [0, 0.1) is 5.41 Å². The maximum absolute atomic E-state index is 6.16. The molecule has 1 aromatic carbocycles. The van der Waals surface area contributed by atoms with E-state index in [0.717, 1.165) is 41.9 Å². The van der Waals surface area contributed by atoms with Crippen LogP contribution >= 0.6 is 23.2 Å². The van der Waals surface area contributed by atoms with E-state index < -0.39 is 0 Å². The number of nitrogens with one attached hydrogen (secondary N) is 1. The Balaban J connectivity index is 1.76. The first-order chi connectivity index (χ1) is 13.2. The predicted molar refractivity (Wildman–Crippen MR) is 114 cm³/mol. The second-order valence-electron chi connectivity index (χ2n) is 8.68. The summed E-state index contributed by atoms with van der Waals surface area (Å²) in [6.45, 7) is 6.54. The van der Waals surface area contributed by atoms with Crippen molar-refractivity contribution in [3.63, 3.8) is 0 Å². The Kier molecular flexibility index (Phi) is 4.98. The van der Waals surface area contributed by atoms with Crippen LogP contribution in [0.4, 0.5) is 11.6 Å². The Bertz CT molecular complexity index is 1020. The van der Waals surface area contributed by atoms with Gasteiger partial charge in [-0.2, -0.15) is 0 Å². The molecule has 0 saturated heterocycles. The molecule has 1 aliphatic carbocycles. The van der Waals surface area contributed by atoms with E-state index in [0.29, 0.717) is 16.0 Å². The fraction of sp³-hybridized carbons (Fsp3) is 0.450. The van der Waals surface area contributed by atoms with Crippen LogP contribution < -0.4 is 11.1 Å². The first-order valence-corrected chi connectivity index (χ1v) is 10.2. The van der Waals surface area contributed by atoms with Gasteiger partial charge in [0.05, 0.1) is 16.2 Å². The third-order valence-corrected chi connectivity index (χ3v) is 5.60. The van der Waals surface area contributed by atoms with Crippen molar-refractivity contribution in [3.05, 3.63) is 40.3 Å². The monoisotopic (exact) mass is 418 g/mol. The number of fused-ring (bicyclic) bond motifs is 1. The molecule has 3 N–H and O–H groups in total. The lowest BCUT2D eigenvalue weighted by atomic mass is 9.87. The van der Waals surface area contributed by atoms with E-state index in [2.05, 4.69) is 35.6 Å². The molecule has 0 unspecified atom stereocenters. The lowest BCUT2D eigenvalue weighted by molar-refractivity contribution is 0.273. The predicted octanol–water partition coefficient (Wildman–Crippen LogP) is 5.13. The number of nitrogens with zero attached hydrogens (tertiary/aromatic N) is 4. The third-order valence-electron chi connectivity index (χ3n) is 4.86. The van der Waals surface area contributed by atoms with Crippen molar-refractivity contribution < 1.29 is 0 Å². The van der Waals surface area contributed by atoms with Crippen molar-refractivity contribution in [2.75, 3.05) is 5.32 Å². The molecule has 0 aliphatic heterocycles. The second-order valence-corrected chi connectivity index (χ2v) is 9.49. The highest BCUT2D eigenvalue weighted by molar-refractivity contribution is 6.42. The van der Waals surface area contributed by atoms with Crippen molar-refractivity contribution in [2.45, 2.75) is 52.1 Å². The quantitative estimate of drug-likeness (QED) is 0.613. The molecule has 2 aromatic heterocycles. The molecule has 1 aliphatic rings. The highest BCUT2D eigenvalue weighted by Gasteiger charge is 2.31. The van der Waals surface area contributed by atoms with E-state index in [4.69, 9.17) is 38.9 Å². The van der Waals surface area contributed by atoms with Crippen LogP contribution in [-0.4, -0.2) is 25.6 Å². The summed E-state index contributed by atoms with van der Waals surface area (Å²) in [5.41, 5.74) is 8.58. The van der Waals surface area contributed by atoms with Crippen molar-refractivity contribution in [2.24, 2.45) is 11.1 Å². The molecule has 3 aromatic rings. The Labute approximate surface area is 174 Å². The molecule has 8 heteroatoms. The van der Waals surface area contributed by atoms with E-state index in [1.807, 2.05) is 6.07 Å². The first kappa shape index (κ1) is 19.4. The van der Waals surface area contributed by atoms with Crippen LogP contribution in [0.3, 0.4) is 0 Å². The SMILES string of the molecule is CC(C)(C)Cc1ncc2nc(Nc3ccc(Cl)c(Cl)c3)n(C3CC(N)C3)c2n1. The highest BCUT2D eigenvalue weighted by atomic mass is 35.5. The molecule has 0 amide bonds. The third kappa shape index (κ3) is 3.95. The van der Waals surface area contributed by atoms with E-state index in [-0.39, 0.29) is 17.5 Å². The molecule has 28 heavy (non-hydrogen) atoms. The summed E-state index contributed by atoms with van der Waals surface area (Å²) in [5.74, 6) is 1.54. The van der Waals surface area contributed by atoms with Gasteiger partial charge in [0.25, 0.3) is 0 Å². The summed E-state index contributed by atoms with van der Waals surface area (Å²) >= 11 is 12.2. The van der Waals surface area contributed by atoms with Gasteiger partial charge in [-0.1, -0.05) is 44.0 Å². The highest BCUT2D eigenvalue weighted by Crippen LogP contribution is 2.37. The average Bonchev–Trinajstić information content (AvgIpc) is 2.91. The topological polar surface area (TPSA) is 81.7 Å². The minimum absolute atomic E-state index is 0.110. The van der Waals surface area contributed by atoms with Gasteiger partial charge in [-0.15, -0.1) is 0 Å². The molecule has 1 fully saturated rings. The lowest BCUT2D eigenvalue weighted by Gasteiger charge is -2.34. The second kappa shape index (κ2) is 7.17. The molecule has 2 heterocycles. The number of halogens is 2. The van der Waals surface area contributed by atoms with Crippen LogP contribution in [0.2, 0.25) is 10.0 Å². The van der Waals surface area contributed by atoms with Crippen molar-refractivity contribution in [1.82, 2.24) is 19.5 Å². The fourth-order valence-electron chi connectivity index (χ4n) is 3.46. The van der Waals surface area contributed by atoms with Crippen molar-refractivity contribution in [1.29, 1.82) is 0 Å². The molecule has 4 rings (SSSR count). The maximum Gasteiger partial charge on any atom is 0.209 e. The summed E-state index contributed by atoms with van der Waals surface area (Å²) in [5, 5.41) is 4.37. The fourth-order valence-corrected chi connectivity index (χ4v) is 3.76. The van der Waals surface area contributed by atoms with E-state index >= 15 is 0 Å². The molecule has 6 nitrogen and oxygen atoms in total. The zero-order valence-corrected chi connectivity index (χ0v) is 17.7. The van der Waals surface area contributed by atoms with Crippen molar-refractivity contribution in [3.8, 4) is 0 Å². The van der Waals surface area contributed by atoms with Crippen LogP contribution in [0.5, 0.6) is 0 Å². The summed E-state index contributed by atoms with van der Waals surface area (Å²) in [6, 6.07) is 5.91. The van der Waals surface area contributed by atoms with E-state index in [9.17, 15) is 0 Å². The number of imidazole rings is 1. The van der Waals surface area contributed by atoms with Gasteiger partial charge in [0.15, 0.2) is 5.65 Å².